The number of aromatic nitrogens is 3. The summed E-state index contributed by atoms with van der Waals surface area (Å²) in [6, 6.07) is 21.2. The van der Waals surface area contributed by atoms with E-state index in [0.717, 1.165) is 22.0 Å². The maximum atomic E-state index is 10.3. The zero-order valence-corrected chi connectivity index (χ0v) is 12.9. The SMILES string of the molecule is Oc1cc(-c2n[nH]c(=S)n2-c2ccccc2)cc2ccccc12. The average Bonchev–Trinajstić information content (AvgIpc) is 2.97. The van der Waals surface area contributed by atoms with E-state index in [-0.39, 0.29) is 5.75 Å². The molecular formula is C18H13N3OS. The number of rotatable bonds is 2. The Kier molecular flexibility index (Phi) is 3.20. The van der Waals surface area contributed by atoms with Crippen LogP contribution in [-0.2, 0) is 0 Å². The van der Waals surface area contributed by atoms with Crippen molar-refractivity contribution in [3.63, 3.8) is 0 Å². The molecule has 0 saturated carbocycles. The van der Waals surface area contributed by atoms with Crippen molar-refractivity contribution < 1.29 is 5.11 Å². The molecule has 2 N–H and O–H groups in total. The molecule has 1 heterocycles. The van der Waals surface area contributed by atoms with Crippen molar-refractivity contribution in [3.05, 3.63) is 71.5 Å². The van der Waals surface area contributed by atoms with Gasteiger partial charge in [0.15, 0.2) is 10.6 Å². The Hall–Kier alpha value is -2.92. The van der Waals surface area contributed by atoms with Gasteiger partial charge in [-0.05, 0) is 41.9 Å². The fraction of sp³-hybridized carbons (Fsp3) is 0. The van der Waals surface area contributed by atoms with Crippen LogP contribution in [-0.4, -0.2) is 19.9 Å². The van der Waals surface area contributed by atoms with Crippen molar-refractivity contribution in [1.82, 2.24) is 14.8 Å². The van der Waals surface area contributed by atoms with Gasteiger partial charge in [0.25, 0.3) is 0 Å². The monoisotopic (exact) mass is 319 g/mol. The van der Waals surface area contributed by atoms with Gasteiger partial charge in [0.2, 0.25) is 0 Å². The van der Waals surface area contributed by atoms with Crippen LogP contribution in [0.25, 0.3) is 27.8 Å². The number of hydrogen-bond acceptors (Lipinski definition) is 3. The molecule has 0 bridgehead atoms. The summed E-state index contributed by atoms with van der Waals surface area (Å²) < 4.78 is 2.37. The number of aromatic hydroxyl groups is 1. The highest BCUT2D eigenvalue weighted by Crippen LogP contribution is 2.31. The minimum Gasteiger partial charge on any atom is -0.507 e. The lowest BCUT2D eigenvalue weighted by Gasteiger charge is -2.09. The smallest absolute Gasteiger partial charge is 0.200 e. The first kappa shape index (κ1) is 13.7. The van der Waals surface area contributed by atoms with Crippen LogP contribution in [0.2, 0.25) is 0 Å². The molecule has 0 saturated heterocycles. The van der Waals surface area contributed by atoms with Gasteiger partial charge < -0.3 is 5.11 Å². The Morgan fingerprint density at radius 1 is 0.957 bits per heavy atom. The van der Waals surface area contributed by atoms with Crippen LogP contribution in [0.1, 0.15) is 0 Å². The van der Waals surface area contributed by atoms with Gasteiger partial charge in [0.1, 0.15) is 5.75 Å². The Bertz CT molecular complexity index is 1050. The minimum atomic E-state index is 0.228. The van der Waals surface area contributed by atoms with Crippen molar-refractivity contribution >= 4 is 23.0 Å². The Balaban J connectivity index is 1.98. The number of hydrogen-bond donors (Lipinski definition) is 2. The zero-order chi connectivity index (χ0) is 15.8. The summed E-state index contributed by atoms with van der Waals surface area (Å²) in [4.78, 5) is 0. The van der Waals surface area contributed by atoms with Crippen LogP contribution in [0.5, 0.6) is 5.75 Å². The van der Waals surface area contributed by atoms with Gasteiger partial charge >= 0.3 is 0 Å². The summed E-state index contributed by atoms with van der Waals surface area (Å²) in [7, 11) is 0. The summed E-state index contributed by atoms with van der Waals surface area (Å²) in [6.07, 6.45) is 0. The standard InChI is InChI=1S/C18H13N3OS/c22-16-11-13(10-12-6-4-5-9-15(12)16)17-19-20-18(23)21(17)14-7-2-1-3-8-14/h1-11,22H,(H,20,23). The quantitative estimate of drug-likeness (QED) is 0.537. The third kappa shape index (κ3) is 2.31. The lowest BCUT2D eigenvalue weighted by Crippen LogP contribution is -1.97. The summed E-state index contributed by atoms with van der Waals surface area (Å²) in [5, 5.41) is 19.3. The summed E-state index contributed by atoms with van der Waals surface area (Å²) in [6.45, 7) is 0. The van der Waals surface area contributed by atoms with Crippen LogP contribution in [0.3, 0.4) is 0 Å². The topological polar surface area (TPSA) is 53.8 Å². The van der Waals surface area contributed by atoms with Crippen molar-refractivity contribution in [3.8, 4) is 22.8 Å². The third-order valence-corrected chi connectivity index (χ3v) is 4.06. The van der Waals surface area contributed by atoms with Gasteiger partial charge in [-0.25, -0.2) is 0 Å². The predicted octanol–water partition coefficient (Wildman–Crippen LogP) is 4.46. The maximum absolute atomic E-state index is 10.3. The van der Waals surface area contributed by atoms with E-state index in [1.807, 2.05) is 65.2 Å². The van der Waals surface area contributed by atoms with Crippen LogP contribution in [0.15, 0.2) is 66.7 Å². The fourth-order valence-corrected chi connectivity index (χ4v) is 2.96. The molecule has 0 radical (unpaired) electrons. The van der Waals surface area contributed by atoms with E-state index in [9.17, 15) is 5.11 Å². The first-order valence-electron chi connectivity index (χ1n) is 7.19. The molecule has 4 aromatic rings. The maximum Gasteiger partial charge on any atom is 0.200 e. The number of nitrogens with zero attached hydrogens (tertiary/aromatic N) is 2. The van der Waals surface area contributed by atoms with E-state index >= 15 is 0 Å². The average molecular weight is 319 g/mol. The number of benzene rings is 3. The molecule has 0 amide bonds. The van der Waals surface area contributed by atoms with Crippen LogP contribution in [0.4, 0.5) is 0 Å². The Morgan fingerprint density at radius 2 is 1.70 bits per heavy atom. The van der Waals surface area contributed by atoms with E-state index in [1.165, 1.54) is 0 Å². The Labute approximate surface area is 137 Å². The van der Waals surface area contributed by atoms with E-state index in [2.05, 4.69) is 10.2 Å². The van der Waals surface area contributed by atoms with E-state index < -0.39 is 0 Å². The highest BCUT2D eigenvalue weighted by atomic mass is 32.1. The molecule has 0 aliphatic rings. The largest absolute Gasteiger partial charge is 0.507 e. The highest BCUT2D eigenvalue weighted by molar-refractivity contribution is 7.71. The van der Waals surface area contributed by atoms with E-state index in [0.29, 0.717) is 10.6 Å². The summed E-state index contributed by atoms with van der Waals surface area (Å²) in [5.74, 6) is 0.897. The van der Waals surface area contributed by atoms with Crippen molar-refractivity contribution in [2.75, 3.05) is 0 Å². The predicted molar refractivity (Wildman–Crippen MR) is 93.4 cm³/mol. The van der Waals surface area contributed by atoms with Crippen LogP contribution in [0, 0.1) is 4.77 Å². The van der Waals surface area contributed by atoms with Gasteiger partial charge in [0, 0.05) is 16.6 Å². The van der Waals surface area contributed by atoms with E-state index in [4.69, 9.17) is 12.2 Å². The molecule has 23 heavy (non-hydrogen) atoms. The number of nitrogens with one attached hydrogen (secondary N) is 1. The molecule has 0 aliphatic heterocycles. The van der Waals surface area contributed by atoms with Gasteiger partial charge in [-0.2, -0.15) is 5.10 Å². The number of aromatic amines is 1. The van der Waals surface area contributed by atoms with Gasteiger partial charge in [-0.3, -0.25) is 9.67 Å². The third-order valence-electron chi connectivity index (χ3n) is 3.78. The normalized spacial score (nSPS) is 11.0. The number of phenolic OH excluding ortho intramolecular Hbond substituents is 1. The highest BCUT2D eigenvalue weighted by Gasteiger charge is 2.13. The summed E-state index contributed by atoms with van der Waals surface area (Å²) >= 11 is 5.37. The zero-order valence-electron chi connectivity index (χ0n) is 12.1. The lowest BCUT2D eigenvalue weighted by atomic mass is 10.1. The number of H-pyrrole nitrogens is 1. The second-order valence-electron chi connectivity index (χ2n) is 5.24. The molecule has 4 rings (SSSR count). The molecule has 112 valence electrons. The minimum absolute atomic E-state index is 0.228. The molecule has 1 aromatic heterocycles. The van der Waals surface area contributed by atoms with Gasteiger partial charge in [0.05, 0.1) is 0 Å². The summed E-state index contributed by atoms with van der Waals surface area (Å²) in [5.41, 5.74) is 1.73. The molecule has 0 fully saturated rings. The van der Waals surface area contributed by atoms with Gasteiger partial charge in [-0.15, -0.1) is 0 Å². The molecule has 4 nitrogen and oxygen atoms in total. The number of para-hydroxylation sites is 1. The van der Waals surface area contributed by atoms with Crippen LogP contribution >= 0.6 is 12.2 Å². The molecule has 5 heteroatoms. The molecule has 0 spiro atoms. The molecule has 3 aromatic carbocycles. The second kappa shape index (κ2) is 5.37. The van der Waals surface area contributed by atoms with E-state index in [1.54, 1.807) is 6.07 Å². The molecule has 0 unspecified atom stereocenters. The first-order chi connectivity index (χ1) is 11.2. The molecule has 0 aliphatic carbocycles. The number of phenols is 1. The first-order valence-corrected chi connectivity index (χ1v) is 7.60. The molecule has 0 atom stereocenters. The second-order valence-corrected chi connectivity index (χ2v) is 5.63. The Morgan fingerprint density at radius 3 is 2.52 bits per heavy atom. The van der Waals surface area contributed by atoms with Gasteiger partial charge in [-0.1, -0.05) is 42.5 Å². The van der Waals surface area contributed by atoms with Crippen molar-refractivity contribution in [2.24, 2.45) is 0 Å². The lowest BCUT2D eigenvalue weighted by molar-refractivity contribution is 0.482. The number of fused-ring (bicyclic) bond motifs is 1. The fourth-order valence-electron chi connectivity index (χ4n) is 2.73. The van der Waals surface area contributed by atoms with Crippen molar-refractivity contribution in [1.29, 1.82) is 0 Å². The van der Waals surface area contributed by atoms with Crippen LogP contribution < -0.4 is 0 Å². The molecular weight excluding hydrogens is 306 g/mol. The van der Waals surface area contributed by atoms with Crippen molar-refractivity contribution in [2.45, 2.75) is 0 Å².